The first-order chi connectivity index (χ1) is 15.8. The SMILES string of the molecule is CC1(C)CC(n2[nH]c(=O)c3c2NC(=O)CSC3c2cc3cccc4c3n(c2=O)CC4)CCO1. The molecule has 0 aliphatic carbocycles. The van der Waals surface area contributed by atoms with Gasteiger partial charge in [0, 0.05) is 18.7 Å². The van der Waals surface area contributed by atoms with E-state index in [1.54, 1.807) is 4.68 Å². The van der Waals surface area contributed by atoms with Crippen LogP contribution in [0.5, 0.6) is 0 Å². The van der Waals surface area contributed by atoms with E-state index in [9.17, 15) is 14.4 Å². The number of nitrogens with one attached hydrogen (secondary N) is 2. The average Bonchev–Trinajstić information content (AvgIpc) is 3.29. The zero-order valence-corrected chi connectivity index (χ0v) is 19.5. The van der Waals surface area contributed by atoms with Crippen LogP contribution in [0.4, 0.5) is 5.82 Å². The number of aromatic nitrogens is 3. The summed E-state index contributed by atoms with van der Waals surface area (Å²) in [6, 6.07) is 7.98. The highest BCUT2D eigenvalue weighted by Crippen LogP contribution is 2.42. The number of benzene rings is 1. The molecule has 9 heteroatoms. The summed E-state index contributed by atoms with van der Waals surface area (Å²) in [6.45, 7) is 5.28. The minimum Gasteiger partial charge on any atom is -0.375 e. The van der Waals surface area contributed by atoms with Gasteiger partial charge in [0.05, 0.1) is 33.7 Å². The predicted molar refractivity (Wildman–Crippen MR) is 128 cm³/mol. The summed E-state index contributed by atoms with van der Waals surface area (Å²) in [4.78, 5) is 39.5. The molecule has 2 atom stereocenters. The Labute approximate surface area is 194 Å². The number of hydrogen-bond acceptors (Lipinski definition) is 5. The number of para-hydroxylation sites is 1. The Bertz CT molecular complexity index is 1420. The maximum absolute atomic E-state index is 13.6. The molecule has 8 nitrogen and oxygen atoms in total. The van der Waals surface area contributed by atoms with Gasteiger partial charge in [-0.1, -0.05) is 18.2 Å². The number of carbonyl (C=O) groups excluding carboxylic acids is 1. The molecule has 0 bridgehead atoms. The Morgan fingerprint density at radius 1 is 1.21 bits per heavy atom. The van der Waals surface area contributed by atoms with Crippen LogP contribution in [0.15, 0.2) is 33.9 Å². The molecule has 1 saturated heterocycles. The van der Waals surface area contributed by atoms with Crippen molar-refractivity contribution in [2.24, 2.45) is 0 Å². The molecule has 172 valence electrons. The molecule has 33 heavy (non-hydrogen) atoms. The highest BCUT2D eigenvalue weighted by atomic mass is 32.2. The lowest BCUT2D eigenvalue weighted by Gasteiger charge is -2.36. The van der Waals surface area contributed by atoms with Crippen molar-refractivity contribution in [3.05, 3.63) is 61.7 Å². The van der Waals surface area contributed by atoms with Crippen LogP contribution in [0.1, 0.15) is 54.7 Å². The van der Waals surface area contributed by atoms with Crippen LogP contribution < -0.4 is 16.4 Å². The number of nitrogens with zero attached hydrogens (tertiary/aromatic N) is 2. The minimum atomic E-state index is -0.526. The highest BCUT2D eigenvalue weighted by molar-refractivity contribution is 8.00. The number of rotatable bonds is 2. The van der Waals surface area contributed by atoms with E-state index >= 15 is 0 Å². The molecule has 0 saturated carbocycles. The summed E-state index contributed by atoms with van der Waals surface area (Å²) in [6.07, 6.45) is 2.28. The molecular formula is C24H26N4O4S. The maximum atomic E-state index is 13.6. The van der Waals surface area contributed by atoms with Gasteiger partial charge in [-0.05, 0) is 50.1 Å². The normalized spacial score (nSPS) is 23.9. The van der Waals surface area contributed by atoms with E-state index in [0.29, 0.717) is 36.5 Å². The molecule has 2 N–H and O–H groups in total. The van der Waals surface area contributed by atoms with Gasteiger partial charge in [0.2, 0.25) is 5.91 Å². The number of amides is 1. The van der Waals surface area contributed by atoms with Gasteiger partial charge in [-0.25, -0.2) is 0 Å². The summed E-state index contributed by atoms with van der Waals surface area (Å²) in [5.74, 6) is 0.489. The van der Waals surface area contributed by atoms with Crippen LogP contribution in [0.3, 0.4) is 0 Å². The van der Waals surface area contributed by atoms with Crippen molar-refractivity contribution >= 4 is 34.4 Å². The van der Waals surface area contributed by atoms with Crippen molar-refractivity contribution in [1.82, 2.24) is 14.3 Å². The van der Waals surface area contributed by atoms with Gasteiger partial charge in [0.25, 0.3) is 11.1 Å². The Kier molecular flexibility index (Phi) is 4.64. The van der Waals surface area contributed by atoms with Gasteiger partial charge in [0.15, 0.2) is 0 Å². The standard InChI is InChI=1S/C24H26N4O4S/c1-24(2)11-15(7-9-32-24)28-21-18(22(30)26-28)20(33-12-17(29)25-21)16-10-14-5-3-4-13-6-8-27(19(13)14)23(16)31/h3-5,10,15,20H,6-9,11-12H2,1-2H3,(H,25,29)(H,26,30). The largest absolute Gasteiger partial charge is 0.375 e. The molecule has 2 aromatic heterocycles. The summed E-state index contributed by atoms with van der Waals surface area (Å²) < 4.78 is 9.48. The maximum Gasteiger partial charge on any atom is 0.270 e. The van der Waals surface area contributed by atoms with E-state index in [4.69, 9.17) is 4.74 Å². The summed E-state index contributed by atoms with van der Waals surface area (Å²) in [5.41, 5.74) is 2.50. The molecule has 3 aromatic rings. The lowest BCUT2D eigenvalue weighted by atomic mass is 9.94. The Morgan fingerprint density at radius 2 is 2.06 bits per heavy atom. The second-order valence-electron chi connectivity index (χ2n) is 9.73. The van der Waals surface area contributed by atoms with Crippen LogP contribution in [0.25, 0.3) is 10.9 Å². The number of fused-ring (bicyclic) bond motifs is 1. The Hall–Kier alpha value is -2.78. The number of carbonyl (C=O) groups is 1. The zero-order valence-electron chi connectivity index (χ0n) is 18.6. The van der Waals surface area contributed by atoms with E-state index in [-0.39, 0.29) is 34.4 Å². The first kappa shape index (κ1) is 20.8. The molecule has 3 aliphatic heterocycles. The van der Waals surface area contributed by atoms with Crippen LogP contribution >= 0.6 is 11.8 Å². The minimum absolute atomic E-state index is 0.00727. The predicted octanol–water partition coefficient (Wildman–Crippen LogP) is 2.95. The third kappa shape index (κ3) is 3.28. The number of ether oxygens (including phenoxy) is 1. The molecule has 1 amide bonds. The number of pyridine rings is 1. The molecule has 5 heterocycles. The number of thioether (sulfide) groups is 1. The van der Waals surface area contributed by atoms with Gasteiger partial charge in [-0.2, -0.15) is 0 Å². The van der Waals surface area contributed by atoms with Gasteiger partial charge < -0.3 is 14.6 Å². The van der Waals surface area contributed by atoms with Crippen molar-refractivity contribution in [2.75, 3.05) is 17.7 Å². The van der Waals surface area contributed by atoms with Gasteiger partial charge >= 0.3 is 0 Å². The van der Waals surface area contributed by atoms with E-state index in [1.807, 2.05) is 36.6 Å². The quantitative estimate of drug-likeness (QED) is 0.605. The summed E-state index contributed by atoms with van der Waals surface area (Å²) in [7, 11) is 0. The number of hydrogen-bond donors (Lipinski definition) is 2. The highest BCUT2D eigenvalue weighted by Gasteiger charge is 2.37. The Balaban J connectivity index is 1.53. The van der Waals surface area contributed by atoms with Crippen molar-refractivity contribution in [3.63, 3.8) is 0 Å². The number of aromatic amines is 1. The number of H-pyrrole nitrogens is 1. The van der Waals surface area contributed by atoms with E-state index in [2.05, 4.69) is 16.5 Å². The van der Waals surface area contributed by atoms with Crippen molar-refractivity contribution < 1.29 is 9.53 Å². The fourth-order valence-electron chi connectivity index (χ4n) is 5.56. The van der Waals surface area contributed by atoms with Crippen molar-refractivity contribution in [2.45, 2.75) is 56.5 Å². The fourth-order valence-corrected chi connectivity index (χ4v) is 6.69. The summed E-state index contributed by atoms with van der Waals surface area (Å²) in [5, 5.41) is 6.40. The van der Waals surface area contributed by atoms with E-state index < -0.39 is 5.25 Å². The topological polar surface area (TPSA) is 98.1 Å². The molecule has 1 fully saturated rings. The van der Waals surface area contributed by atoms with E-state index in [1.165, 1.54) is 17.3 Å². The van der Waals surface area contributed by atoms with Crippen molar-refractivity contribution in [1.29, 1.82) is 0 Å². The average molecular weight is 467 g/mol. The van der Waals surface area contributed by atoms with Crippen LogP contribution in [0, 0.1) is 0 Å². The van der Waals surface area contributed by atoms with Crippen molar-refractivity contribution in [3.8, 4) is 0 Å². The second-order valence-corrected chi connectivity index (χ2v) is 10.8. The fraction of sp³-hybridized carbons (Fsp3) is 0.458. The monoisotopic (exact) mass is 466 g/mol. The van der Waals surface area contributed by atoms with Gasteiger partial charge in [-0.3, -0.25) is 24.2 Å². The molecule has 2 unspecified atom stereocenters. The third-order valence-electron chi connectivity index (χ3n) is 7.01. The van der Waals surface area contributed by atoms with Crippen LogP contribution in [0.2, 0.25) is 0 Å². The first-order valence-electron chi connectivity index (χ1n) is 11.4. The summed E-state index contributed by atoms with van der Waals surface area (Å²) >= 11 is 1.34. The van der Waals surface area contributed by atoms with Gasteiger partial charge in [0.1, 0.15) is 5.82 Å². The van der Waals surface area contributed by atoms with Gasteiger partial charge in [-0.15, -0.1) is 11.8 Å². The van der Waals surface area contributed by atoms with Crippen LogP contribution in [-0.4, -0.2) is 38.2 Å². The van der Waals surface area contributed by atoms with E-state index in [0.717, 1.165) is 23.7 Å². The molecule has 3 aliphatic rings. The lowest BCUT2D eigenvalue weighted by molar-refractivity contribution is -0.113. The smallest absolute Gasteiger partial charge is 0.270 e. The molecule has 6 rings (SSSR count). The second kappa shape index (κ2) is 7.36. The van der Waals surface area contributed by atoms with Crippen LogP contribution in [-0.2, 0) is 22.5 Å². The molecule has 0 spiro atoms. The number of aryl methyl sites for hydroxylation is 2. The molecular weight excluding hydrogens is 440 g/mol. The third-order valence-corrected chi connectivity index (χ3v) is 8.26. The zero-order chi connectivity index (χ0) is 22.9. The first-order valence-corrected chi connectivity index (χ1v) is 12.4. The number of anilines is 1. The molecule has 1 aromatic carbocycles. The molecule has 0 radical (unpaired) electrons. The lowest BCUT2D eigenvalue weighted by Crippen LogP contribution is -2.36. The Morgan fingerprint density at radius 3 is 2.88 bits per heavy atom.